The predicted molar refractivity (Wildman–Crippen MR) is 114 cm³/mol. The second-order valence-electron chi connectivity index (χ2n) is 8.04. The molecule has 3 aromatic rings. The van der Waals surface area contributed by atoms with E-state index in [0.29, 0.717) is 23.0 Å². The number of aromatic nitrogens is 2. The van der Waals surface area contributed by atoms with Gasteiger partial charge in [0.2, 0.25) is 11.8 Å². The van der Waals surface area contributed by atoms with Gasteiger partial charge in [-0.2, -0.15) is 18.3 Å². The first-order valence-electron chi connectivity index (χ1n) is 10.1. The molecule has 0 saturated carbocycles. The summed E-state index contributed by atoms with van der Waals surface area (Å²) in [5, 5.41) is 13.1. The van der Waals surface area contributed by atoms with Crippen LogP contribution in [0.4, 0.5) is 23.2 Å². The molecule has 172 valence electrons. The van der Waals surface area contributed by atoms with Gasteiger partial charge in [-0.3, -0.25) is 14.7 Å². The van der Waals surface area contributed by atoms with E-state index < -0.39 is 35.3 Å². The molecule has 0 aliphatic carbocycles. The van der Waals surface area contributed by atoms with Gasteiger partial charge in [0.1, 0.15) is 5.82 Å². The number of benzene rings is 2. The van der Waals surface area contributed by atoms with Gasteiger partial charge in [-0.15, -0.1) is 0 Å². The average Bonchev–Trinajstić information content (AvgIpc) is 3.18. The van der Waals surface area contributed by atoms with Crippen LogP contribution in [-0.4, -0.2) is 22.0 Å². The van der Waals surface area contributed by atoms with Crippen molar-refractivity contribution in [2.75, 3.05) is 5.32 Å². The first-order chi connectivity index (χ1) is 15.5. The van der Waals surface area contributed by atoms with Gasteiger partial charge in [0.25, 0.3) is 0 Å². The van der Waals surface area contributed by atoms with Crippen molar-refractivity contribution in [1.29, 1.82) is 0 Å². The molecule has 0 bridgehead atoms. The van der Waals surface area contributed by atoms with Gasteiger partial charge in [-0.25, -0.2) is 4.39 Å². The third kappa shape index (κ3) is 4.59. The number of amides is 2. The number of nitrogens with one attached hydrogen (secondary N) is 3. The topological polar surface area (TPSA) is 86.9 Å². The summed E-state index contributed by atoms with van der Waals surface area (Å²) in [4.78, 5) is 24.9. The summed E-state index contributed by atoms with van der Waals surface area (Å²) >= 11 is 0. The minimum Gasteiger partial charge on any atom is -0.330 e. The molecular formula is C23H20F4N4O2. The summed E-state index contributed by atoms with van der Waals surface area (Å²) in [7, 11) is 0. The number of hydrogen-bond acceptors (Lipinski definition) is 3. The molecule has 0 fully saturated rings. The fraction of sp³-hybridized carbons (Fsp3) is 0.261. The number of halogens is 4. The highest BCUT2D eigenvalue weighted by Crippen LogP contribution is 2.38. The largest absolute Gasteiger partial charge is 0.416 e. The van der Waals surface area contributed by atoms with Crippen LogP contribution in [0.5, 0.6) is 0 Å². The maximum absolute atomic E-state index is 14.7. The molecular weight excluding hydrogens is 440 g/mol. The van der Waals surface area contributed by atoms with E-state index in [4.69, 9.17) is 0 Å². The number of alkyl halides is 3. The van der Waals surface area contributed by atoms with Crippen molar-refractivity contribution in [2.45, 2.75) is 38.8 Å². The first-order valence-corrected chi connectivity index (χ1v) is 10.1. The molecule has 3 N–H and O–H groups in total. The highest BCUT2D eigenvalue weighted by Gasteiger charge is 2.34. The van der Waals surface area contributed by atoms with Crippen LogP contribution in [0.15, 0.2) is 47.8 Å². The van der Waals surface area contributed by atoms with Gasteiger partial charge < -0.3 is 10.6 Å². The van der Waals surface area contributed by atoms with Crippen molar-refractivity contribution in [1.82, 2.24) is 15.5 Å². The van der Waals surface area contributed by atoms with E-state index in [0.717, 1.165) is 28.6 Å². The number of H-pyrrole nitrogens is 1. The lowest BCUT2D eigenvalue weighted by Crippen LogP contribution is -2.32. The Morgan fingerprint density at radius 3 is 2.67 bits per heavy atom. The summed E-state index contributed by atoms with van der Waals surface area (Å²) in [6.07, 6.45) is -3.40. The molecule has 1 aliphatic rings. The molecule has 33 heavy (non-hydrogen) atoms. The zero-order valence-corrected chi connectivity index (χ0v) is 17.7. The molecule has 0 radical (unpaired) electrons. The number of aromatic amines is 1. The summed E-state index contributed by atoms with van der Waals surface area (Å²) in [5.74, 6) is -2.73. The summed E-state index contributed by atoms with van der Waals surface area (Å²) < 4.78 is 53.5. The van der Waals surface area contributed by atoms with E-state index in [2.05, 4.69) is 20.8 Å². The molecule has 1 aliphatic heterocycles. The second kappa shape index (κ2) is 8.34. The molecule has 6 nitrogen and oxygen atoms in total. The lowest BCUT2D eigenvalue weighted by molar-refractivity contribution is -0.137. The zero-order chi connectivity index (χ0) is 23.9. The fourth-order valence-corrected chi connectivity index (χ4v) is 4.14. The quantitative estimate of drug-likeness (QED) is 0.483. The third-order valence-electron chi connectivity index (χ3n) is 5.70. The van der Waals surface area contributed by atoms with Gasteiger partial charge in [-0.1, -0.05) is 6.07 Å². The number of carbonyl (C=O) groups is 2. The number of aryl methyl sites for hydroxylation is 1. The Hall–Kier alpha value is -3.69. The monoisotopic (exact) mass is 460 g/mol. The Balaban J connectivity index is 1.61. The van der Waals surface area contributed by atoms with Crippen LogP contribution in [0, 0.1) is 12.7 Å². The molecule has 2 heterocycles. The third-order valence-corrected chi connectivity index (χ3v) is 5.70. The van der Waals surface area contributed by atoms with E-state index in [1.54, 1.807) is 25.3 Å². The standard InChI is InChI=1S/C23H20F4N4O2/c1-11-5-15(6-13-10-28-31-22(11)13)30-21(33)8-17-12(2)29-20(32)9-18(17)16-4-3-14(7-19(16)24)23(25,26)27/h3-7,10,18H,8-9H2,1-2H3,(H,28,31)(H,29,32)(H,30,33). The van der Waals surface area contributed by atoms with Crippen molar-refractivity contribution in [2.24, 2.45) is 0 Å². The van der Waals surface area contributed by atoms with E-state index >= 15 is 0 Å². The predicted octanol–water partition coefficient (Wildman–Crippen LogP) is 4.94. The number of fused-ring (bicyclic) bond motifs is 1. The SMILES string of the molecule is CC1=C(CC(=O)Nc2cc(C)c3[nH]ncc3c2)C(c2ccc(C(F)(F)F)cc2F)CC(=O)N1. The molecule has 1 unspecified atom stereocenters. The minimum absolute atomic E-state index is 0.0596. The van der Waals surface area contributed by atoms with Crippen molar-refractivity contribution < 1.29 is 27.2 Å². The van der Waals surface area contributed by atoms with Crippen LogP contribution in [-0.2, 0) is 15.8 Å². The van der Waals surface area contributed by atoms with E-state index in [1.807, 2.05) is 6.92 Å². The van der Waals surface area contributed by atoms with Gasteiger partial charge in [0.05, 0.1) is 23.7 Å². The number of carbonyl (C=O) groups excluding carboxylic acids is 2. The molecule has 2 amide bonds. The van der Waals surface area contributed by atoms with Gasteiger partial charge >= 0.3 is 6.18 Å². The van der Waals surface area contributed by atoms with Crippen LogP contribution in [0.1, 0.15) is 42.4 Å². The highest BCUT2D eigenvalue weighted by molar-refractivity contribution is 5.96. The highest BCUT2D eigenvalue weighted by atomic mass is 19.4. The van der Waals surface area contributed by atoms with Crippen LogP contribution >= 0.6 is 0 Å². The molecule has 0 saturated heterocycles. The Bertz CT molecular complexity index is 1290. The molecule has 1 aromatic heterocycles. The van der Waals surface area contributed by atoms with Crippen molar-refractivity contribution in [3.8, 4) is 0 Å². The molecule has 4 rings (SSSR count). The maximum Gasteiger partial charge on any atom is 0.416 e. The summed E-state index contributed by atoms with van der Waals surface area (Å²) in [6.45, 7) is 3.44. The number of anilines is 1. The maximum atomic E-state index is 14.7. The van der Waals surface area contributed by atoms with E-state index in [-0.39, 0.29) is 18.4 Å². The van der Waals surface area contributed by atoms with Gasteiger partial charge in [0, 0.05) is 29.1 Å². The Morgan fingerprint density at radius 2 is 1.97 bits per heavy atom. The van der Waals surface area contributed by atoms with Crippen LogP contribution in [0.2, 0.25) is 0 Å². The second-order valence-corrected chi connectivity index (χ2v) is 8.04. The molecule has 2 aromatic carbocycles. The number of allylic oxidation sites excluding steroid dienone is 1. The smallest absolute Gasteiger partial charge is 0.330 e. The van der Waals surface area contributed by atoms with Crippen molar-refractivity contribution in [3.05, 3.63) is 70.3 Å². The molecule has 10 heteroatoms. The van der Waals surface area contributed by atoms with Crippen LogP contribution in [0.3, 0.4) is 0 Å². The fourth-order valence-electron chi connectivity index (χ4n) is 4.14. The number of hydrogen-bond donors (Lipinski definition) is 3. The lowest BCUT2D eigenvalue weighted by Gasteiger charge is -2.28. The van der Waals surface area contributed by atoms with E-state index in [9.17, 15) is 27.2 Å². The van der Waals surface area contributed by atoms with Crippen molar-refractivity contribution >= 4 is 28.4 Å². The Labute approximate surface area is 186 Å². The molecule has 1 atom stereocenters. The summed E-state index contributed by atoms with van der Waals surface area (Å²) in [6, 6.07) is 5.75. The van der Waals surface area contributed by atoms with E-state index in [1.165, 1.54) is 0 Å². The van der Waals surface area contributed by atoms with Crippen molar-refractivity contribution in [3.63, 3.8) is 0 Å². The Morgan fingerprint density at radius 1 is 1.21 bits per heavy atom. The average molecular weight is 460 g/mol. The lowest BCUT2D eigenvalue weighted by atomic mass is 9.82. The van der Waals surface area contributed by atoms with Gasteiger partial charge in [-0.05, 0) is 54.8 Å². The normalized spacial score (nSPS) is 16.8. The Kier molecular flexibility index (Phi) is 5.69. The van der Waals surface area contributed by atoms with Crippen LogP contribution in [0.25, 0.3) is 10.9 Å². The number of nitrogens with zero attached hydrogens (tertiary/aromatic N) is 1. The molecule has 0 spiro atoms. The minimum atomic E-state index is -4.69. The van der Waals surface area contributed by atoms with Gasteiger partial charge in [0.15, 0.2) is 0 Å². The van der Waals surface area contributed by atoms with Crippen LogP contribution < -0.4 is 10.6 Å². The number of rotatable bonds is 4. The first kappa shape index (κ1) is 22.5. The summed E-state index contributed by atoms with van der Waals surface area (Å²) in [5.41, 5.74) is 1.91. The zero-order valence-electron chi connectivity index (χ0n) is 17.7.